The Labute approximate surface area is 157 Å². The first kappa shape index (κ1) is 17.2. The van der Waals surface area contributed by atoms with Crippen LogP contribution in [0.4, 0.5) is 8.78 Å². The van der Waals surface area contributed by atoms with E-state index in [2.05, 4.69) is 40.3 Å². The average molecular weight is 458 g/mol. The van der Waals surface area contributed by atoms with E-state index in [-0.39, 0.29) is 5.69 Å². The van der Waals surface area contributed by atoms with E-state index < -0.39 is 6.43 Å². The maximum Gasteiger partial charge on any atom is 0.282 e. The number of nitrogens with zero attached hydrogens (tertiary/aromatic N) is 2. The topological polar surface area (TPSA) is 27.1 Å². The first-order valence-electron chi connectivity index (χ1n) is 7.01. The molecule has 0 saturated heterocycles. The number of alkyl halides is 2. The highest BCUT2D eigenvalue weighted by molar-refractivity contribution is 14.1. The van der Waals surface area contributed by atoms with Gasteiger partial charge in [-0.15, -0.1) is 12.6 Å². The van der Waals surface area contributed by atoms with Gasteiger partial charge >= 0.3 is 0 Å². The Bertz CT molecular complexity index is 866. The van der Waals surface area contributed by atoms with Crippen LogP contribution in [0.1, 0.15) is 12.1 Å². The van der Waals surface area contributed by atoms with Crippen LogP contribution >= 0.6 is 35.2 Å². The monoisotopic (exact) mass is 458 g/mol. The van der Waals surface area contributed by atoms with E-state index in [1.54, 1.807) is 31.4 Å². The Morgan fingerprint density at radius 2 is 1.83 bits per heavy atom. The van der Waals surface area contributed by atoms with Crippen LogP contribution in [0.3, 0.4) is 0 Å². The van der Waals surface area contributed by atoms with Crippen molar-refractivity contribution in [2.75, 3.05) is 7.11 Å². The molecule has 3 rings (SSSR count). The van der Waals surface area contributed by atoms with Gasteiger partial charge in [0.2, 0.25) is 0 Å². The summed E-state index contributed by atoms with van der Waals surface area (Å²) >= 11 is 6.40. The molecular weight excluding hydrogens is 445 g/mol. The number of methoxy groups -OCH3 is 1. The SMILES string of the molecule is COc1ccc(-c2cc(C(F)F)nn2-c2ccc(S)cc2)cc1I. The summed E-state index contributed by atoms with van der Waals surface area (Å²) in [4.78, 5) is 0.792. The Morgan fingerprint density at radius 3 is 2.42 bits per heavy atom. The number of thiol groups is 1. The number of halogens is 3. The first-order chi connectivity index (χ1) is 11.5. The number of aromatic nitrogens is 2. The zero-order valence-electron chi connectivity index (χ0n) is 12.6. The molecule has 0 bridgehead atoms. The molecule has 7 heteroatoms. The predicted molar refractivity (Wildman–Crippen MR) is 100 cm³/mol. The van der Waals surface area contributed by atoms with Crippen LogP contribution in [0.25, 0.3) is 16.9 Å². The normalized spacial score (nSPS) is 11.1. The van der Waals surface area contributed by atoms with Crippen molar-refractivity contribution in [2.24, 2.45) is 0 Å². The van der Waals surface area contributed by atoms with E-state index in [0.29, 0.717) is 11.4 Å². The van der Waals surface area contributed by atoms with Crippen LogP contribution < -0.4 is 4.74 Å². The van der Waals surface area contributed by atoms with Gasteiger partial charge in [-0.05, 0) is 71.1 Å². The average Bonchev–Trinajstić information content (AvgIpc) is 3.01. The second kappa shape index (κ2) is 7.10. The minimum atomic E-state index is -2.63. The second-order valence-electron chi connectivity index (χ2n) is 5.03. The highest BCUT2D eigenvalue weighted by Crippen LogP contribution is 2.32. The summed E-state index contributed by atoms with van der Waals surface area (Å²) in [5, 5.41) is 4.07. The lowest BCUT2D eigenvalue weighted by Crippen LogP contribution is -2.00. The summed E-state index contributed by atoms with van der Waals surface area (Å²) in [6, 6.07) is 14.1. The summed E-state index contributed by atoms with van der Waals surface area (Å²) < 4.78 is 34.0. The van der Waals surface area contributed by atoms with Gasteiger partial charge in [-0.3, -0.25) is 0 Å². The molecule has 2 aromatic carbocycles. The van der Waals surface area contributed by atoms with E-state index in [9.17, 15) is 8.78 Å². The van der Waals surface area contributed by atoms with E-state index in [4.69, 9.17) is 4.74 Å². The van der Waals surface area contributed by atoms with Gasteiger partial charge in [-0.25, -0.2) is 13.5 Å². The molecule has 1 aromatic heterocycles. The van der Waals surface area contributed by atoms with Crippen LogP contribution in [-0.4, -0.2) is 16.9 Å². The predicted octanol–water partition coefficient (Wildman–Crippen LogP) is 5.38. The molecule has 1 heterocycles. The zero-order chi connectivity index (χ0) is 17.3. The third-order valence-electron chi connectivity index (χ3n) is 3.49. The summed E-state index contributed by atoms with van der Waals surface area (Å²) in [7, 11) is 1.59. The van der Waals surface area contributed by atoms with Gasteiger partial charge in [0.15, 0.2) is 0 Å². The summed E-state index contributed by atoms with van der Waals surface area (Å²) in [5.74, 6) is 0.735. The van der Waals surface area contributed by atoms with Gasteiger partial charge in [0.05, 0.1) is 22.1 Å². The van der Waals surface area contributed by atoms with Crippen LogP contribution in [-0.2, 0) is 0 Å². The van der Waals surface area contributed by atoms with Gasteiger partial charge in [0.1, 0.15) is 11.4 Å². The maximum absolute atomic E-state index is 13.1. The number of ether oxygens (including phenoxy) is 1. The van der Waals surface area contributed by atoms with Crippen molar-refractivity contribution in [3.63, 3.8) is 0 Å². The van der Waals surface area contributed by atoms with E-state index >= 15 is 0 Å². The Kier molecular flexibility index (Phi) is 5.09. The van der Waals surface area contributed by atoms with Crippen LogP contribution in [0.5, 0.6) is 5.75 Å². The summed E-state index contributed by atoms with van der Waals surface area (Å²) in [5.41, 5.74) is 1.82. The van der Waals surface area contributed by atoms with Gasteiger partial charge in [-0.1, -0.05) is 0 Å². The highest BCUT2D eigenvalue weighted by Gasteiger charge is 2.18. The molecule has 3 aromatic rings. The van der Waals surface area contributed by atoms with Crippen LogP contribution in [0.2, 0.25) is 0 Å². The fourth-order valence-electron chi connectivity index (χ4n) is 2.33. The fourth-order valence-corrected chi connectivity index (χ4v) is 3.21. The van der Waals surface area contributed by atoms with Gasteiger partial charge in [0.25, 0.3) is 6.43 Å². The largest absolute Gasteiger partial charge is 0.496 e. The molecular formula is C17H13F2IN2OS. The first-order valence-corrected chi connectivity index (χ1v) is 8.53. The third-order valence-corrected chi connectivity index (χ3v) is 4.63. The van der Waals surface area contributed by atoms with Crippen LogP contribution in [0.15, 0.2) is 53.4 Å². The number of hydrogen-bond acceptors (Lipinski definition) is 3. The molecule has 0 amide bonds. The molecule has 3 nitrogen and oxygen atoms in total. The summed E-state index contributed by atoms with van der Waals surface area (Å²) in [6.45, 7) is 0. The molecule has 0 saturated carbocycles. The molecule has 0 aliphatic heterocycles. The Balaban J connectivity index is 2.15. The van der Waals surface area contributed by atoms with Crippen molar-refractivity contribution in [2.45, 2.75) is 11.3 Å². The van der Waals surface area contributed by atoms with Gasteiger partial charge in [0, 0.05) is 10.5 Å². The zero-order valence-corrected chi connectivity index (χ0v) is 15.6. The molecule has 0 N–H and O–H groups in total. The molecule has 0 radical (unpaired) electrons. The highest BCUT2D eigenvalue weighted by atomic mass is 127. The Morgan fingerprint density at radius 1 is 1.12 bits per heavy atom. The van der Waals surface area contributed by atoms with E-state index in [1.165, 1.54) is 10.7 Å². The van der Waals surface area contributed by atoms with Crippen molar-refractivity contribution in [3.8, 4) is 22.7 Å². The minimum absolute atomic E-state index is 0.259. The molecule has 0 aliphatic rings. The molecule has 0 atom stereocenters. The third kappa shape index (κ3) is 3.41. The van der Waals surface area contributed by atoms with E-state index in [1.807, 2.05) is 18.2 Å². The smallest absolute Gasteiger partial charge is 0.282 e. The number of rotatable bonds is 4. The van der Waals surface area contributed by atoms with Crippen molar-refractivity contribution in [3.05, 3.63) is 57.8 Å². The van der Waals surface area contributed by atoms with Crippen molar-refractivity contribution >= 4 is 35.2 Å². The molecule has 24 heavy (non-hydrogen) atoms. The van der Waals surface area contributed by atoms with Crippen molar-refractivity contribution < 1.29 is 13.5 Å². The molecule has 124 valence electrons. The van der Waals surface area contributed by atoms with E-state index in [0.717, 1.165) is 19.8 Å². The van der Waals surface area contributed by atoms with Gasteiger partial charge in [-0.2, -0.15) is 5.10 Å². The lowest BCUT2D eigenvalue weighted by Gasteiger charge is -2.10. The quantitative estimate of drug-likeness (QED) is 0.420. The van der Waals surface area contributed by atoms with Crippen LogP contribution in [0, 0.1) is 3.57 Å². The number of hydrogen-bond donors (Lipinski definition) is 1. The second-order valence-corrected chi connectivity index (χ2v) is 6.71. The lowest BCUT2D eigenvalue weighted by atomic mass is 10.1. The van der Waals surface area contributed by atoms with Crippen molar-refractivity contribution in [1.82, 2.24) is 9.78 Å². The molecule has 0 spiro atoms. The lowest BCUT2D eigenvalue weighted by molar-refractivity contribution is 0.145. The Hall–Kier alpha value is -1.61. The molecule has 0 fully saturated rings. The molecule has 0 unspecified atom stereocenters. The summed E-state index contributed by atoms with van der Waals surface area (Å²) in [6.07, 6.45) is -2.63. The maximum atomic E-state index is 13.1. The minimum Gasteiger partial charge on any atom is -0.496 e. The van der Waals surface area contributed by atoms with Crippen molar-refractivity contribution in [1.29, 1.82) is 0 Å². The fraction of sp³-hybridized carbons (Fsp3) is 0.118. The van der Waals surface area contributed by atoms with Gasteiger partial charge < -0.3 is 4.74 Å². The standard InChI is InChI=1S/C17H13F2IN2OS/c1-23-16-7-2-10(8-13(16)20)15-9-14(17(18)19)21-22(15)11-3-5-12(24)6-4-11/h2-9,17,24H,1H3. The number of benzene rings is 2. The molecule has 0 aliphatic carbocycles.